The minimum atomic E-state index is -4.78. The van der Waals surface area contributed by atoms with E-state index >= 15 is 0 Å². The van der Waals surface area contributed by atoms with Crippen LogP contribution >= 0.6 is 7.82 Å². The fourth-order valence-corrected chi connectivity index (χ4v) is 6.34. The highest BCUT2D eigenvalue weighted by atomic mass is 31.2. The highest BCUT2D eigenvalue weighted by Gasteiger charge is 2.28. The number of aliphatic carboxylic acids is 1. The van der Waals surface area contributed by atoms with Gasteiger partial charge in [0.15, 0.2) is 6.04 Å². The number of nitrogens with one attached hydrogen (secondary N) is 1. The molecule has 3 unspecified atom stereocenters. The van der Waals surface area contributed by atoms with E-state index in [1.165, 1.54) is 6.42 Å². The standard InChI is InChI=1S/C50H80NO10P/c1-3-5-7-9-11-13-15-17-19-20-21-22-23-24-25-26-28-30-32-34-36-38-40-42-49(54)59-43-46(52)44-60-62(57,58)61-45-47(50(55)56)51-48(53)41-39-37-35-33-31-29-27-18-16-14-12-10-8-6-4-2/h5-8,11-14,17-19,21-22,24-25,27,31,33,46-47,52H,3-4,9-10,15-16,20,23,26,28-30,32,34-45H2,1-2H3,(H,51,53)(H,55,56)(H,57,58)/b7-5-,8-6-,13-11-,14-12-,19-17-,22-21-,25-24-,27-18-,33-31-. The number of unbranched alkanes of at least 4 members (excludes halogenated alkanes) is 9. The van der Waals surface area contributed by atoms with E-state index in [2.05, 4.69) is 122 Å². The average molecular weight is 886 g/mol. The average Bonchev–Trinajstić information content (AvgIpc) is 3.25. The Balaban J connectivity index is 3.95. The second-order valence-corrected chi connectivity index (χ2v) is 16.3. The maximum absolute atomic E-state index is 12.3. The molecule has 0 saturated carbocycles. The third-order valence-electron chi connectivity index (χ3n) is 9.06. The molecule has 11 nitrogen and oxygen atoms in total. The number of rotatable bonds is 41. The molecule has 0 rings (SSSR count). The first-order valence-corrected chi connectivity index (χ1v) is 24.4. The van der Waals surface area contributed by atoms with Crippen molar-refractivity contribution >= 4 is 25.7 Å². The zero-order valence-corrected chi connectivity index (χ0v) is 38.8. The van der Waals surface area contributed by atoms with Crippen molar-refractivity contribution in [1.29, 1.82) is 0 Å². The molecule has 0 aliphatic rings. The molecule has 0 bridgehead atoms. The molecule has 4 N–H and O–H groups in total. The molecule has 0 aromatic heterocycles. The van der Waals surface area contributed by atoms with Gasteiger partial charge in [-0.05, 0) is 96.3 Å². The second kappa shape index (κ2) is 43.8. The molecule has 0 heterocycles. The monoisotopic (exact) mass is 886 g/mol. The molecule has 0 fully saturated rings. The summed E-state index contributed by atoms with van der Waals surface area (Å²) in [7, 11) is -4.78. The number of carboxylic acid groups (broad SMARTS) is 1. The second-order valence-electron chi connectivity index (χ2n) is 14.8. The summed E-state index contributed by atoms with van der Waals surface area (Å²) in [5.74, 6) is -2.46. The van der Waals surface area contributed by atoms with Gasteiger partial charge in [-0.25, -0.2) is 9.36 Å². The van der Waals surface area contributed by atoms with Crippen molar-refractivity contribution in [2.75, 3.05) is 19.8 Å². The van der Waals surface area contributed by atoms with Crippen molar-refractivity contribution in [3.63, 3.8) is 0 Å². The molecule has 12 heteroatoms. The van der Waals surface area contributed by atoms with Crippen LogP contribution in [0.4, 0.5) is 0 Å². The van der Waals surface area contributed by atoms with Crippen molar-refractivity contribution in [1.82, 2.24) is 5.32 Å². The van der Waals surface area contributed by atoms with Crippen molar-refractivity contribution in [2.24, 2.45) is 0 Å². The van der Waals surface area contributed by atoms with Crippen LogP contribution in [-0.2, 0) is 32.7 Å². The van der Waals surface area contributed by atoms with Crippen LogP contribution in [0.25, 0.3) is 0 Å². The first kappa shape index (κ1) is 58.1. The number of hydrogen-bond acceptors (Lipinski definition) is 8. The molecule has 0 aromatic rings. The topological polar surface area (TPSA) is 169 Å². The number of ether oxygens (including phenoxy) is 1. The van der Waals surface area contributed by atoms with Crippen LogP contribution in [0.3, 0.4) is 0 Å². The minimum Gasteiger partial charge on any atom is -0.480 e. The number of esters is 1. The first-order chi connectivity index (χ1) is 30.1. The van der Waals surface area contributed by atoms with Gasteiger partial charge in [0.25, 0.3) is 0 Å². The third-order valence-corrected chi connectivity index (χ3v) is 10.0. The Morgan fingerprint density at radius 2 is 0.887 bits per heavy atom. The summed E-state index contributed by atoms with van der Waals surface area (Å²) >= 11 is 0. The Bertz CT molecular complexity index is 1460. The lowest BCUT2D eigenvalue weighted by Crippen LogP contribution is -2.43. The molecule has 0 aromatic carbocycles. The van der Waals surface area contributed by atoms with Gasteiger partial charge >= 0.3 is 19.8 Å². The molecule has 0 aliphatic heterocycles. The number of carbonyl (C=O) groups excluding carboxylic acids is 2. The summed E-state index contributed by atoms with van der Waals surface area (Å²) < 4.78 is 26.8. The number of carbonyl (C=O) groups is 3. The summed E-state index contributed by atoms with van der Waals surface area (Å²) in [5, 5.41) is 21.8. The maximum Gasteiger partial charge on any atom is 0.472 e. The Kier molecular flexibility index (Phi) is 41.0. The molecule has 350 valence electrons. The molecule has 0 radical (unpaired) electrons. The molecule has 62 heavy (non-hydrogen) atoms. The SMILES string of the molecule is CC/C=C\C/C=C\C/C=C\C/C=C\C/C=C\CCCCCCCCCC(=O)OCC(O)COP(=O)(O)OCC(NC(=O)CCCC/C=C\C/C=C\C/C=C\C/C=C\CC)C(=O)O. The summed E-state index contributed by atoms with van der Waals surface area (Å²) in [6.07, 6.45) is 56.9. The lowest BCUT2D eigenvalue weighted by atomic mass is 10.1. The van der Waals surface area contributed by atoms with Gasteiger partial charge in [0.1, 0.15) is 12.7 Å². The van der Waals surface area contributed by atoms with E-state index in [0.29, 0.717) is 12.8 Å². The molecule has 0 spiro atoms. The van der Waals surface area contributed by atoms with Gasteiger partial charge in [-0.15, -0.1) is 0 Å². The van der Waals surface area contributed by atoms with Crippen LogP contribution in [-0.4, -0.2) is 64.9 Å². The number of amides is 1. The molecule has 0 saturated heterocycles. The highest BCUT2D eigenvalue weighted by molar-refractivity contribution is 7.47. The number of phosphoric ester groups is 1. The molecular weight excluding hydrogens is 806 g/mol. The predicted molar refractivity (Wildman–Crippen MR) is 253 cm³/mol. The number of hydrogen-bond donors (Lipinski definition) is 4. The van der Waals surface area contributed by atoms with Crippen molar-refractivity contribution in [3.8, 4) is 0 Å². The normalized spacial score (nSPS) is 14.6. The van der Waals surface area contributed by atoms with Crippen molar-refractivity contribution in [2.45, 2.75) is 167 Å². The van der Waals surface area contributed by atoms with Crippen LogP contribution in [0.5, 0.6) is 0 Å². The lowest BCUT2D eigenvalue weighted by Gasteiger charge is -2.18. The summed E-state index contributed by atoms with van der Waals surface area (Å²) in [4.78, 5) is 45.9. The largest absolute Gasteiger partial charge is 0.480 e. The number of carboxylic acids is 1. The Labute approximate surface area is 374 Å². The van der Waals surface area contributed by atoms with Gasteiger partial charge in [-0.2, -0.15) is 0 Å². The van der Waals surface area contributed by atoms with E-state index in [1.807, 2.05) is 6.08 Å². The van der Waals surface area contributed by atoms with Gasteiger partial charge in [-0.1, -0.05) is 155 Å². The van der Waals surface area contributed by atoms with Crippen LogP contribution < -0.4 is 5.32 Å². The fraction of sp³-hybridized carbons (Fsp3) is 0.580. The number of allylic oxidation sites excluding steroid dienone is 18. The Morgan fingerprint density at radius 1 is 0.516 bits per heavy atom. The maximum atomic E-state index is 12.3. The van der Waals surface area contributed by atoms with E-state index in [1.54, 1.807) is 0 Å². The van der Waals surface area contributed by atoms with E-state index in [-0.39, 0.29) is 12.8 Å². The van der Waals surface area contributed by atoms with Crippen LogP contribution in [0.2, 0.25) is 0 Å². The van der Waals surface area contributed by atoms with Crippen LogP contribution in [0, 0.1) is 0 Å². The van der Waals surface area contributed by atoms with Gasteiger partial charge in [0.2, 0.25) is 5.91 Å². The van der Waals surface area contributed by atoms with E-state index in [0.717, 1.165) is 109 Å². The first-order valence-electron chi connectivity index (χ1n) is 22.9. The van der Waals surface area contributed by atoms with E-state index in [9.17, 15) is 34.1 Å². The summed E-state index contributed by atoms with van der Waals surface area (Å²) in [6.45, 7) is 2.30. The van der Waals surface area contributed by atoms with Gasteiger partial charge < -0.3 is 25.2 Å². The van der Waals surface area contributed by atoms with Crippen LogP contribution in [0.15, 0.2) is 109 Å². The fourth-order valence-electron chi connectivity index (χ4n) is 5.57. The van der Waals surface area contributed by atoms with E-state index < -0.39 is 57.6 Å². The minimum absolute atomic E-state index is 0.0863. The van der Waals surface area contributed by atoms with Crippen LogP contribution in [0.1, 0.15) is 155 Å². The zero-order valence-electron chi connectivity index (χ0n) is 37.9. The molecule has 0 aliphatic carbocycles. The molecular formula is C50H80NO10P. The molecule has 1 amide bonds. The predicted octanol–water partition coefficient (Wildman–Crippen LogP) is 12.2. The quantitative estimate of drug-likeness (QED) is 0.0201. The third kappa shape index (κ3) is 42.8. The Morgan fingerprint density at radius 3 is 1.34 bits per heavy atom. The number of aliphatic hydroxyl groups is 1. The zero-order chi connectivity index (χ0) is 45.6. The lowest BCUT2D eigenvalue weighted by molar-refractivity contribution is -0.147. The van der Waals surface area contributed by atoms with Crippen molar-refractivity contribution < 1.29 is 47.8 Å². The Hall–Kier alpha value is -3.86. The number of aliphatic hydroxyl groups excluding tert-OH is 1. The number of phosphoric acid groups is 1. The van der Waals surface area contributed by atoms with Gasteiger partial charge in [0, 0.05) is 12.8 Å². The van der Waals surface area contributed by atoms with Gasteiger partial charge in [0.05, 0.1) is 13.2 Å². The highest BCUT2D eigenvalue weighted by Crippen LogP contribution is 2.43. The van der Waals surface area contributed by atoms with Gasteiger partial charge in [-0.3, -0.25) is 18.6 Å². The van der Waals surface area contributed by atoms with E-state index in [4.69, 9.17) is 13.8 Å². The summed E-state index contributed by atoms with van der Waals surface area (Å²) in [5.41, 5.74) is 0. The summed E-state index contributed by atoms with van der Waals surface area (Å²) in [6, 6.07) is -1.58. The smallest absolute Gasteiger partial charge is 0.472 e. The molecule has 3 atom stereocenters. The van der Waals surface area contributed by atoms with Crippen molar-refractivity contribution in [3.05, 3.63) is 109 Å².